The molecule has 0 spiro atoms. The van der Waals surface area contributed by atoms with Gasteiger partial charge in [-0.2, -0.15) is 0 Å². The van der Waals surface area contributed by atoms with Gasteiger partial charge in [0, 0.05) is 30.7 Å². The van der Waals surface area contributed by atoms with Gasteiger partial charge in [-0.25, -0.2) is 4.68 Å². The third-order valence-corrected chi connectivity index (χ3v) is 6.74. The Labute approximate surface area is 219 Å². The fourth-order valence-electron chi connectivity index (χ4n) is 4.78. The monoisotopic (exact) mass is 508 g/mol. The maximum absolute atomic E-state index is 13.0. The van der Waals surface area contributed by atoms with Gasteiger partial charge >= 0.3 is 0 Å². The normalized spacial score (nSPS) is 12.5. The van der Waals surface area contributed by atoms with Crippen molar-refractivity contribution in [2.75, 3.05) is 6.79 Å². The topological polar surface area (TPSA) is 98.2 Å². The van der Waals surface area contributed by atoms with E-state index in [0.29, 0.717) is 31.7 Å². The van der Waals surface area contributed by atoms with E-state index in [4.69, 9.17) is 9.47 Å². The largest absolute Gasteiger partial charge is 0.454 e. The first-order valence-electron chi connectivity index (χ1n) is 12.6. The number of hydrogen-bond donors (Lipinski definition) is 1. The van der Waals surface area contributed by atoms with Gasteiger partial charge in [0.15, 0.2) is 17.3 Å². The first-order chi connectivity index (χ1) is 18.6. The van der Waals surface area contributed by atoms with E-state index in [1.54, 1.807) is 0 Å². The Morgan fingerprint density at radius 1 is 0.921 bits per heavy atom. The highest BCUT2D eigenvalue weighted by Crippen LogP contribution is 2.33. The Morgan fingerprint density at radius 3 is 2.68 bits per heavy atom. The molecule has 38 heavy (non-hydrogen) atoms. The molecule has 0 unspecified atom stereocenters. The Bertz CT molecular complexity index is 1630. The van der Waals surface area contributed by atoms with Gasteiger partial charge in [-0.3, -0.25) is 9.69 Å². The fraction of sp³-hybridized carbons (Fsp3) is 0.241. The molecular weight excluding hydrogens is 480 g/mol. The molecular formula is C29H28N6O3. The Kier molecular flexibility index (Phi) is 6.58. The van der Waals surface area contributed by atoms with E-state index in [2.05, 4.69) is 43.6 Å². The lowest BCUT2D eigenvalue weighted by Gasteiger charge is -2.22. The number of aromatic nitrogens is 5. The number of tetrazole rings is 1. The zero-order valence-electron chi connectivity index (χ0n) is 21.1. The molecule has 3 heterocycles. The maximum atomic E-state index is 13.0. The smallest absolute Gasteiger partial charge is 0.252 e. The summed E-state index contributed by atoms with van der Waals surface area (Å²) < 4.78 is 12.9. The van der Waals surface area contributed by atoms with Gasteiger partial charge in [0.2, 0.25) is 6.79 Å². The predicted octanol–water partition coefficient (Wildman–Crippen LogP) is 4.00. The number of aryl methyl sites for hydroxylation is 3. The van der Waals surface area contributed by atoms with Crippen molar-refractivity contribution in [1.82, 2.24) is 30.1 Å². The molecule has 1 N–H and O–H groups in total. The molecule has 0 radical (unpaired) electrons. The van der Waals surface area contributed by atoms with Crippen LogP contribution < -0.4 is 15.0 Å². The van der Waals surface area contributed by atoms with Crippen LogP contribution in [0.25, 0.3) is 10.9 Å². The molecule has 1 aliphatic rings. The number of H-pyrrole nitrogens is 1. The SMILES string of the molecule is Cc1ccc2[nH]c(=O)c(CN(Cc3ccc4c(c3)OCO4)Cc3nnnn3CCc3ccccc3)cc2c1. The zero-order chi connectivity index (χ0) is 25.9. The van der Waals surface area contributed by atoms with Crippen LogP contribution in [0, 0.1) is 6.92 Å². The predicted molar refractivity (Wildman–Crippen MR) is 143 cm³/mol. The number of nitrogens with one attached hydrogen (secondary N) is 1. The zero-order valence-corrected chi connectivity index (χ0v) is 21.1. The number of rotatable bonds is 9. The summed E-state index contributed by atoms with van der Waals surface area (Å²) in [6, 6.07) is 24.2. The Hall–Kier alpha value is -4.50. The van der Waals surface area contributed by atoms with E-state index < -0.39 is 0 Å². The number of fused-ring (bicyclic) bond motifs is 2. The third kappa shape index (κ3) is 5.28. The third-order valence-electron chi connectivity index (χ3n) is 6.74. The molecule has 0 fully saturated rings. The van der Waals surface area contributed by atoms with Crippen LogP contribution in [0.5, 0.6) is 11.5 Å². The second-order valence-electron chi connectivity index (χ2n) is 9.60. The van der Waals surface area contributed by atoms with E-state index in [9.17, 15) is 4.79 Å². The number of aromatic amines is 1. The van der Waals surface area contributed by atoms with E-state index in [1.165, 1.54) is 5.56 Å². The highest BCUT2D eigenvalue weighted by atomic mass is 16.7. The van der Waals surface area contributed by atoms with Crippen LogP contribution in [-0.4, -0.2) is 36.9 Å². The van der Waals surface area contributed by atoms with Gasteiger partial charge in [0.25, 0.3) is 5.56 Å². The van der Waals surface area contributed by atoms with Crippen molar-refractivity contribution >= 4 is 10.9 Å². The maximum Gasteiger partial charge on any atom is 0.252 e. The van der Waals surface area contributed by atoms with Gasteiger partial charge in [0.05, 0.1) is 6.54 Å². The average molecular weight is 509 g/mol. The van der Waals surface area contributed by atoms with Gasteiger partial charge in [-0.15, -0.1) is 5.10 Å². The van der Waals surface area contributed by atoms with Crippen molar-refractivity contribution in [3.05, 3.63) is 111 Å². The summed E-state index contributed by atoms with van der Waals surface area (Å²) in [5, 5.41) is 13.5. The van der Waals surface area contributed by atoms with E-state index in [-0.39, 0.29) is 12.4 Å². The molecule has 6 rings (SSSR count). The molecule has 0 atom stereocenters. The molecule has 9 heteroatoms. The van der Waals surface area contributed by atoms with Crippen molar-refractivity contribution in [2.24, 2.45) is 0 Å². The van der Waals surface area contributed by atoms with Gasteiger partial charge in [0.1, 0.15) is 0 Å². The number of ether oxygens (including phenoxy) is 2. The van der Waals surface area contributed by atoms with Crippen LogP contribution in [0.1, 0.15) is 28.1 Å². The van der Waals surface area contributed by atoms with Crippen LogP contribution >= 0.6 is 0 Å². The van der Waals surface area contributed by atoms with Crippen LogP contribution in [0.4, 0.5) is 0 Å². The van der Waals surface area contributed by atoms with E-state index in [1.807, 2.05) is 66.2 Å². The lowest BCUT2D eigenvalue weighted by atomic mass is 10.1. The molecule has 5 aromatic rings. The van der Waals surface area contributed by atoms with E-state index >= 15 is 0 Å². The Morgan fingerprint density at radius 2 is 1.79 bits per heavy atom. The van der Waals surface area contributed by atoms with Crippen LogP contribution in [-0.2, 0) is 32.6 Å². The second-order valence-corrected chi connectivity index (χ2v) is 9.60. The number of nitrogens with zero attached hydrogens (tertiary/aromatic N) is 5. The molecule has 0 saturated carbocycles. The molecule has 9 nitrogen and oxygen atoms in total. The van der Waals surface area contributed by atoms with Crippen molar-refractivity contribution < 1.29 is 9.47 Å². The number of pyridine rings is 1. The molecule has 0 bridgehead atoms. The number of benzene rings is 3. The fourth-order valence-corrected chi connectivity index (χ4v) is 4.78. The van der Waals surface area contributed by atoms with Crippen LogP contribution in [0.15, 0.2) is 77.6 Å². The summed E-state index contributed by atoms with van der Waals surface area (Å²) >= 11 is 0. The summed E-state index contributed by atoms with van der Waals surface area (Å²) in [6.07, 6.45) is 0.824. The molecule has 0 amide bonds. The van der Waals surface area contributed by atoms with Gasteiger partial charge in [-0.1, -0.05) is 48.0 Å². The summed E-state index contributed by atoms with van der Waals surface area (Å²) in [4.78, 5) is 18.2. The first kappa shape index (κ1) is 23.9. The molecule has 1 aliphatic heterocycles. The molecule has 3 aromatic carbocycles. The lowest BCUT2D eigenvalue weighted by molar-refractivity contribution is 0.174. The van der Waals surface area contributed by atoms with Crippen molar-refractivity contribution in [3.8, 4) is 11.5 Å². The second kappa shape index (κ2) is 10.5. The lowest BCUT2D eigenvalue weighted by Crippen LogP contribution is -2.28. The van der Waals surface area contributed by atoms with Crippen molar-refractivity contribution in [3.63, 3.8) is 0 Å². The minimum absolute atomic E-state index is 0.0966. The highest BCUT2D eigenvalue weighted by molar-refractivity contribution is 5.79. The van der Waals surface area contributed by atoms with Crippen LogP contribution in [0.3, 0.4) is 0 Å². The molecule has 0 aliphatic carbocycles. The molecule has 192 valence electrons. The minimum Gasteiger partial charge on any atom is -0.454 e. The van der Waals surface area contributed by atoms with Gasteiger partial charge < -0.3 is 14.5 Å². The highest BCUT2D eigenvalue weighted by Gasteiger charge is 2.18. The standard InChI is InChI=1S/C29H28N6O3/c1-20-7-9-25-23(13-20)15-24(29(36)30-25)17-34(16-22-8-10-26-27(14-22)38-19-37-26)18-28-31-32-33-35(28)12-11-21-5-3-2-4-6-21/h2-10,13-15H,11-12,16-19H2,1H3,(H,30,36). The van der Waals surface area contributed by atoms with Gasteiger partial charge in [-0.05, 0) is 70.6 Å². The van der Waals surface area contributed by atoms with Crippen molar-refractivity contribution in [1.29, 1.82) is 0 Å². The van der Waals surface area contributed by atoms with Crippen LogP contribution in [0.2, 0.25) is 0 Å². The number of hydrogen-bond acceptors (Lipinski definition) is 7. The minimum atomic E-state index is -0.0966. The molecule has 0 saturated heterocycles. The summed E-state index contributed by atoms with van der Waals surface area (Å²) in [6.45, 7) is 4.42. The quantitative estimate of drug-likeness (QED) is 0.321. The van der Waals surface area contributed by atoms with Crippen molar-refractivity contribution in [2.45, 2.75) is 39.5 Å². The first-order valence-corrected chi connectivity index (χ1v) is 12.6. The van der Waals surface area contributed by atoms with E-state index in [0.717, 1.165) is 45.8 Å². The average Bonchev–Trinajstić information content (AvgIpc) is 3.57. The summed E-state index contributed by atoms with van der Waals surface area (Å²) in [5.41, 5.74) is 4.84. The molecule has 2 aromatic heterocycles. The summed E-state index contributed by atoms with van der Waals surface area (Å²) in [5.74, 6) is 2.22. The Balaban J connectivity index is 1.28. The summed E-state index contributed by atoms with van der Waals surface area (Å²) in [7, 11) is 0.